The van der Waals surface area contributed by atoms with E-state index < -0.39 is 17.4 Å². The first-order chi connectivity index (χ1) is 7.96. The van der Waals surface area contributed by atoms with E-state index in [1.807, 2.05) is 13.8 Å². The number of likely N-dealkylation sites (tertiary alicyclic amines) is 1. The lowest BCUT2D eigenvalue weighted by molar-refractivity contribution is -0.149. The van der Waals surface area contributed by atoms with Crippen LogP contribution in [0.5, 0.6) is 0 Å². The van der Waals surface area contributed by atoms with Crippen molar-refractivity contribution in [2.75, 3.05) is 13.1 Å². The molecule has 1 unspecified atom stereocenters. The Morgan fingerprint density at radius 2 is 2.12 bits per heavy atom. The predicted octanol–water partition coefficient (Wildman–Crippen LogP) is 0.827. The summed E-state index contributed by atoms with van der Waals surface area (Å²) < 4.78 is 0. The van der Waals surface area contributed by atoms with Crippen LogP contribution in [0, 0.1) is 5.41 Å². The van der Waals surface area contributed by atoms with Crippen LogP contribution in [0.15, 0.2) is 0 Å². The Labute approximate surface area is 102 Å². The molecule has 0 saturated carbocycles. The molecule has 0 spiro atoms. The number of rotatable bonds is 5. The molecule has 0 aliphatic carbocycles. The van der Waals surface area contributed by atoms with Crippen LogP contribution in [0.4, 0.5) is 0 Å². The first-order valence-corrected chi connectivity index (χ1v) is 6.24. The second-order valence-electron chi connectivity index (χ2n) is 4.86. The zero-order chi connectivity index (χ0) is 13.1. The predicted molar refractivity (Wildman–Crippen MR) is 64.4 cm³/mol. The number of aliphatic carboxylic acids is 1. The van der Waals surface area contributed by atoms with Gasteiger partial charge in [0.2, 0.25) is 5.91 Å². The van der Waals surface area contributed by atoms with Gasteiger partial charge >= 0.3 is 5.97 Å². The highest BCUT2D eigenvalue weighted by atomic mass is 16.4. The maximum Gasteiger partial charge on any atom is 0.311 e. The zero-order valence-electron chi connectivity index (χ0n) is 10.6. The van der Waals surface area contributed by atoms with E-state index in [4.69, 9.17) is 5.73 Å². The summed E-state index contributed by atoms with van der Waals surface area (Å²) in [5, 5.41) is 9.32. The van der Waals surface area contributed by atoms with Gasteiger partial charge < -0.3 is 15.7 Å². The third-order valence-corrected chi connectivity index (χ3v) is 3.60. The molecule has 1 aliphatic rings. The van der Waals surface area contributed by atoms with Crippen molar-refractivity contribution in [3.05, 3.63) is 0 Å². The van der Waals surface area contributed by atoms with Crippen molar-refractivity contribution in [2.24, 2.45) is 11.1 Å². The van der Waals surface area contributed by atoms with Crippen molar-refractivity contribution >= 4 is 11.9 Å². The number of hydrogen-bond acceptors (Lipinski definition) is 3. The molecule has 1 saturated heterocycles. The van der Waals surface area contributed by atoms with Gasteiger partial charge in [-0.15, -0.1) is 0 Å². The highest BCUT2D eigenvalue weighted by molar-refractivity contribution is 5.84. The molecule has 1 fully saturated rings. The van der Waals surface area contributed by atoms with Crippen LogP contribution in [0.1, 0.15) is 39.5 Å². The van der Waals surface area contributed by atoms with Gasteiger partial charge in [-0.3, -0.25) is 9.59 Å². The molecule has 0 aromatic heterocycles. The van der Waals surface area contributed by atoms with E-state index in [2.05, 4.69) is 0 Å². The maximum absolute atomic E-state index is 11.9. The molecule has 98 valence electrons. The molecule has 0 bridgehead atoms. The van der Waals surface area contributed by atoms with E-state index in [9.17, 15) is 14.7 Å². The van der Waals surface area contributed by atoms with Gasteiger partial charge in [0.05, 0.1) is 11.5 Å². The fourth-order valence-electron chi connectivity index (χ4n) is 2.43. The molecule has 3 N–H and O–H groups in total. The van der Waals surface area contributed by atoms with E-state index in [0.29, 0.717) is 32.4 Å². The Hall–Kier alpha value is -1.10. The largest absolute Gasteiger partial charge is 0.481 e. The van der Waals surface area contributed by atoms with E-state index >= 15 is 0 Å². The van der Waals surface area contributed by atoms with E-state index in [0.717, 1.165) is 6.42 Å². The van der Waals surface area contributed by atoms with Crippen LogP contribution in [-0.2, 0) is 9.59 Å². The van der Waals surface area contributed by atoms with Gasteiger partial charge in [-0.2, -0.15) is 0 Å². The fraction of sp³-hybridized carbons (Fsp3) is 0.833. The summed E-state index contributed by atoms with van der Waals surface area (Å²) in [6.07, 6.45) is 2.56. The van der Waals surface area contributed by atoms with Crippen LogP contribution in [0.25, 0.3) is 0 Å². The van der Waals surface area contributed by atoms with E-state index in [1.54, 1.807) is 4.90 Å². The van der Waals surface area contributed by atoms with Crippen LogP contribution < -0.4 is 5.73 Å². The molecule has 0 radical (unpaired) electrons. The Bertz CT molecular complexity index is 306. The van der Waals surface area contributed by atoms with Crippen molar-refractivity contribution in [2.45, 2.75) is 45.6 Å². The smallest absolute Gasteiger partial charge is 0.311 e. The normalized spacial score (nSPS) is 25.9. The standard InChI is InChI=1S/C12H22N2O3/c1-3-5-12(11(16)17)6-7-14(8-12)10(15)9(13)4-2/h9H,3-8,13H2,1-2H3,(H,16,17)/t9-,12?/m0/s1. The van der Waals surface area contributed by atoms with Crippen LogP contribution in [0.3, 0.4) is 0 Å². The fourth-order valence-corrected chi connectivity index (χ4v) is 2.43. The van der Waals surface area contributed by atoms with E-state index in [1.165, 1.54) is 0 Å². The van der Waals surface area contributed by atoms with Gasteiger partial charge in [0, 0.05) is 13.1 Å². The minimum atomic E-state index is -0.792. The summed E-state index contributed by atoms with van der Waals surface area (Å²) in [7, 11) is 0. The highest BCUT2D eigenvalue weighted by Crippen LogP contribution is 2.35. The van der Waals surface area contributed by atoms with Crippen LogP contribution >= 0.6 is 0 Å². The lowest BCUT2D eigenvalue weighted by Crippen LogP contribution is -2.44. The summed E-state index contributed by atoms with van der Waals surface area (Å²) in [5.74, 6) is -0.911. The third-order valence-electron chi connectivity index (χ3n) is 3.60. The second kappa shape index (κ2) is 5.49. The van der Waals surface area contributed by atoms with Gasteiger partial charge in [-0.1, -0.05) is 20.3 Å². The molecule has 0 aromatic rings. The lowest BCUT2D eigenvalue weighted by atomic mass is 9.83. The number of carboxylic acid groups (broad SMARTS) is 1. The van der Waals surface area contributed by atoms with Gasteiger partial charge in [0.1, 0.15) is 0 Å². The number of nitrogens with zero attached hydrogens (tertiary/aromatic N) is 1. The molecule has 2 atom stereocenters. The monoisotopic (exact) mass is 242 g/mol. The average Bonchev–Trinajstić information content (AvgIpc) is 2.73. The molecule has 1 aliphatic heterocycles. The Morgan fingerprint density at radius 3 is 2.59 bits per heavy atom. The van der Waals surface area contributed by atoms with Crippen LogP contribution in [-0.4, -0.2) is 41.0 Å². The maximum atomic E-state index is 11.9. The highest BCUT2D eigenvalue weighted by Gasteiger charge is 2.45. The Morgan fingerprint density at radius 1 is 1.47 bits per heavy atom. The summed E-state index contributed by atoms with van der Waals surface area (Å²) in [6.45, 7) is 4.64. The number of amides is 1. The molecule has 1 rings (SSSR count). The molecular formula is C12H22N2O3. The van der Waals surface area contributed by atoms with Crippen molar-refractivity contribution in [3.63, 3.8) is 0 Å². The van der Waals surface area contributed by atoms with Gasteiger partial charge in [-0.25, -0.2) is 0 Å². The molecule has 5 nitrogen and oxygen atoms in total. The quantitative estimate of drug-likeness (QED) is 0.748. The third kappa shape index (κ3) is 2.77. The van der Waals surface area contributed by atoms with Gasteiger partial charge in [0.25, 0.3) is 0 Å². The summed E-state index contributed by atoms with van der Waals surface area (Å²) in [4.78, 5) is 24.9. The second-order valence-corrected chi connectivity index (χ2v) is 4.86. The van der Waals surface area contributed by atoms with Crippen molar-refractivity contribution in [1.29, 1.82) is 0 Å². The zero-order valence-corrected chi connectivity index (χ0v) is 10.6. The minimum Gasteiger partial charge on any atom is -0.481 e. The SMILES string of the molecule is CCCC1(C(=O)O)CCN(C(=O)[C@@H](N)CC)C1. The number of nitrogens with two attached hydrogens (primary N) is 1. The van der Waals surface area contributed by atoms with Gasteiger partial charge in [-0.05, 0) is 19.3 Å². The molecule has 1 amide bonds. The molecule has 0 aromatic carbocycles. The average molecular weight is 242 g/mol. The number of carbonyl (C=O) groups excluding carboxylic acids is 1. The topological polar surface area (TPSA) is 83.6 Å². The number of carbonyl (C=O) groups is 2. The number of carboxylic acids is 1. The van der Waals surface area contributed by atoms with Crippen LogP contribution in [0.2, 0.25) is 0 Å². The van der Waals surface area contributed by atoms with Crippen molar-refractivity contribution < 1.29 is 14.7 Å². The molecule has 17 heavy (non-hydrogen) atoms. The summed E-state index contributed by atoms with van der Waals surface area (Å²) >= 11 is 0. The first-order valence-electron chi connectivity index (χ1n) is 6.24. The number of hydrogen-bond donors (Lipinski definition) is 2. The van der Waals surface area contributed by atoms with Gasteiger partial charge in [0.15, 0.2) is 0 Å². The molecule has 5 heteroatoms. The van der Waals surface area contributed by atoms with E-state index in [-0.39, 0.29) is 5.91 Å². The summed E-state index contributed by atoms with van der Waals surface area (Å²) in [5.41, 5.74) is 4.94. The first kappa shape index (κ1) is 14.0. The summed E-state index contributed by atoms with van der Waals surface area (Å²) in [6, 6.07) is -0.499. The lowest BCUT2D eigenvalue weighted by Gasteiger charge is -2.25. The van der Waals surface area contributed by atoms with Crippen molar-refractivity contribution in [1.82, 2.24) is 4.90 Å². The molecular weight excluding hydrogens is 220 g/mol. The Kier molecular flexibility index (Phi) is 4.51. The van der Waals surface area contributed by atoms with Crippen molar-refractivity contribution in [3.8, 4) is 0 Å². The molecule has 1 heterocycles. The Balaban J connectivity index is 2.73. The minimum absolute atomic E-state index is 0.119.